The Hall–Kier alpha value is -1.93. The van der Waals surface area contributed by atoms with Crippen LogP contribution >= 0.6 is 0 Å². The lowest BCUT2D eigenvalue weighted by molar-refractivity contribution is 0.0905. The number of hydrogen-bond acceptors (Lipinski definition) is 7. The highest BCUT2D eigenvalue weighted by molar-refractivity contribution is 5.98. The number of hydrogen-bond donors (Lipinski definition) is 4. The molecule has 0 spiro atoms. The van der Waals surface area contributed by atoms with Gasteiger partial charge in [-0.3, -0.25) is 4.79 Å². The van der Waals surface area contributed by atoms with Crippen molar-refractivity contribution in [2.75, 3.05) is 36.8 Å². The highest BCUT2D eigenvalue weighted by atomic mass is 16.3. The Balaban J connectivity index is 1.35. The van der Waals surface area contributed by atoms with Crippen LogP contribution in [-0.4, -0.2) is 70.2 Å². The first-order chi connectivity index (χ1) is 16.6. The second-order valence-corrected chi connectivity index (χ2v) is 10.6. The molecule has 1 saturated heterocycles. The van der Waals surface area contributed by atoms with Crippen molar-refractivity contribution in [2.24, 2.45) is 5.92 Å². The summed E-state index contributed by atoms with van der Waals surface area (Å²) in [6.07, 6.45) is 14.5. The summed E-state index contributed by atoms with van der Waals surface area (Å²) in [6, 6.07) is 0.416. The number of amides is 1. The van der Waals surface area contributed by atoms with Gasteiger partial charge in [0, 0.05) is 44.5 Å². The highest BCUT2D eigenvalue weighted by Gasteiger charge is 2.27. The first-order valence-corrected chi connectivity index (χ1v) is 13.7. The van der Waals surface area contributed by atoms with E-state index in [4.69, 9.17) is 0 Å². The Kier molecular flexibility index (Phi) is 9.39. The van der Waals surface area contributed by atoms with Gasteiger partial charge in [0.1, 0.15) is 11.4 Å². The number of rotatable bonds is 10. The third-order valence-electron chi connectivity index (χ3n) is 7.80. The Bertz CT molecular complexity index is 769. The molecule has 2 heterocycles. The van der Waals surface area contributed by atoms with Gasteiger partial charge in [-0.15, -0.1) is 0 Å². The molecule has 2 aliphatic carbocycles. The Morgan fingerprint density at radius 2 is 1.79 bits per heavy atom. The van der Waals surface area contributed by atoms with E-state index in [9.17, 15) is 9.90 Å². The second-order valence-electron chi connectivity index (χ2n) is 10.6. The van der Waals surface area contributed by atoms with Crippen LogP contribution in [0.4, 0.5) is 11.8 Å². The van der Waals surface area contributed by atoms with Crippen LogP contribution in [0.25, 0.3) is 0 Å². The lowest BCUT2D eigenvalue weighted by atomic mass is 9.93. The molecule has 0 bridgehead atoms. The molecule has 1 aliphatic heterocycles. The first-order valence-electron chi connectivity index (χ1n) is 13.7. The minimum Gasteiger partial charge on any atom is -0.393 e. The summed E-state index contributed by atoms with van der Waals surface area (Å²) < 4.78 is 0. The summed E-state index contributed by atoms with van der Waals surface area (Å²) in [5.74, 6) is 1.95. The van der Waals surface area contributed by atoms with Crippen LogP contribution in [0.3, 0.4) is 0 Å². The van der Waals surface area contributed by atoms with Gasteiger partial charge in [0.15, 0.2) is 0 Å². The van der Waals surface area contributed by atoms with Crippen molar-refractivity contribution in [3.8, 4) is 0 Å². The molecule has 3 fully saturated rings. The van der Waals surface area contributed by atoms with Gasteiger partial charge in [-0.1, -0.05) is 26.2 Å². The van der Waals surface area contributed by atoms with E-state index >= 15 is 0 Å². The van der Waals surface area contributed by atoms with Gasteiger partial charge in [-0.25, -0.2) is 4.98 Å². The molecule has 0 atom stereocenters. The number of carbonyl (C=O) groups is 1. The molecule has 3 aliphatic rings. The van der Waals surface area contributed by atoms with Crippen LogP contribution < -0.4 is 16.0 Å². The van der Waals surface area contributed by atoms with E-state index in [1.165, 1.54) is 32.2 Å². The van der Waals surface area contributed by atoms with E-state index in [0.29, 0.717) is 17.3 Å². The Labute approximate surface area is 204 Å². The number of aliphatic hydroxyl groups excluding tert-OH is 1. The predicted molar refractivity (Wildman–Crippen MR) is 136 cm³/mol. The van der Waals surface area contributed by atoms with Gasteiger partial charge in [0.05, 0.1) is 6.10 Å². The minimum absolute atomic E-state index is 0.0901. The average molecular weight is 473 g/mol. The first kappa shape index (κ1) is 25.2. The molecule has 8 heteroatoms. The number of likely N-dealkylation sites (tertiary alicyclic amines) is 1. The van der Waals surface area contributed by atoms with Gasteiger partial charge in [0.25, 0.3) is 5.91 Å². The molecular formula is C26H44N6O2. The fourth-order valence-electron chi connectivity index (χ4n) is 5.61. The summed E-state index contributed by atoms with van der Waals surface area (Å²) in [5.41, 5.74) is 0.514. The van der Waals surface area contributed by atoms with Crippen molar-refractivity contribution in [3.63, 3.8) is 0 Å². The standard InChI is InChI=1S/C26H44N6O2/c1-2-3-14-27-26-28-17-23(24(31-26)29-20-8-10-22(33)11-9-20)25(34)30-21-12-15-32(16-13-21)18-19-6-4-5-7-19/h17,19-22,33H,2-16,18H2,1H3,(H,30,34)(H2,27,28,29,31). The zero-order valence-corrected chi connectivity index (χ0v) is 20.9. The van der Waals surface area contributed by atoms with Gasteiger partial charge in [-0.2, -0.15) is 4.98 Å². The molecule has 2 saturated carbocycles. The van der Waals surface area contributed by atoms with Crippen LogP contribution in [0.1, 0.15) is 94.3 Å². The molecule has 1 amide bonds. The molecule has 1 aromatic heterocycles. The molecule has 190 valence electrons. The summed E-state index contributed by atoms with van der Waals surface area (Å²) in [7, 11) is 0. The number of unbranched alkanes of at least 4 members (excludes halogenated alkanes) is 1. The van der Waals surface area contributed by atoms with Crippen molar-refractivity contribution in [1.29, 1.82) is 0 Å². The largest absolute Gasteiger partial charge is 0.393 e. The van der Waals surface area contributed by atoms with Crippen molar-refractivity contribution >= 4 is 17.7 Å². The molecule has 0 unspecified atom stereocenters. The van der Waals surface area contributed by atoms with Crippen molar-refractivity contribution in [1.82, 2.24) is 20.2 Å². The quantitative estimate of drug-likeness (QED) is 0.384. The van der Waals surface area contributed by atoms with E-state index in [0.717, 1.165) is 76.9 Å². The smallest absolute Gasteiger partial charge is 0.256 e. The topological polar surface area (TPSA) is 102 Å². The van der Waals surface area contributed by atoms with E-state index in [1.54, 1.807) is 6.20 Å². The fraction of sp³-hybridized carbons (Fsp3) is 0.808. The molecule has 0 aromatic carbocycles. The van der Waals surface area contributed by atoms with Crippen molar-refractivity contribution in [3.05, 3.63) is 11.8 Å². The van der Waals surface area contributed by atoms with E-state index in [2.05, 4.69) is 37.7 Å². The lowest BCUT2D eigenvalue weighted by Crippen LogP contribution is -2.45. The number of piperidine rings is 1. The molecule has 0 radical (unpaired) electrons. The second kappa shape index (κ2) is 12.7. The molecular weight excluding hydrogens is 428 g/mol. The summed E-state index contributed by atoms with van der Waals surface area (Å²) in [6.45, 7) is 6.32. The normalized spacial score (nSPS) is 24.8. The molecule has 1 aromatic rings. The van der Waals surface area contributed by atoms with Crippen LogP contribution in [0.15, 0.2) is 6.20 Å². The number of carbonyl (C=O) groups excluding carboxylic acids is 1. The molecule has 4 rings (SSSR count). The maximum Gasteiger partial charge on any atom is 0.256 e. The SMILES string of the molecule is CCCCNc1ncc(C(=O)NC2CCN(CC3CCCC3)CC2)c(NC2CCC(O)CC2)n1. The van der Waals surface area contributed by atoms with E-state index in [-0.39, 0.29) is 24.1 Å². The lowest BCUT2D eigenvalue weighted by Gasteiger charge is -2.34. The zero-order chi connectivity index (χ0) is 23.8. The number of nitrogens with zero attached hydrogens (tertiary/aromatic N) is 3. The van der Waals surface area contributed by atoms with Crippen molar-refractivity contribution < 1.29 is 9.90 Å². The number of nitrogens with one attached hydrogen (secondary N) is 3. The van der Waals surface area contributed by atoms with E-state index in [1.807, 2.05) is 0 Å². The fourth-order valence-corrected chi connectivity index (χ4v) is 5.61. The predicted octanol–water partition coefficient (Wildman–Crippen LogP) is 3.79. The van der Waals surface area contributed by atoms with Gasteiger partial charge < -0.3 is 26.0 Å². The minimum atomic E-state index is -0.211. The van der Waals surface area contributed by atoms with E-state index < -0.39 is 0 Å². The third kappa shape index (κ3) is 7.28. The summed E-state index contributed by atoms with van der Waals surface area (Å²) in [5, 5.41) is 19.9. The molecule has 34 heavy (non-hydrogen) atoms. The van der Waals surface area contributed by atoms with Crippen LogP contribution in [0.2, 0.25) is 0 Å². The summed E-state index contributed by atoms with van der Waals surface area (Å²) >= 11 is 0. The molecule has 4 N–H and O–H groups in total. The van der Waals surface area contributed by atoms with Crippen molar-refractivity contribution in [2.45, 2.75) is 102 Å². The number of aromatic nitrogens is 2. The number of anilines is 2. The van der Waals surface area contributed by atoms with Crippen LogP contribution in [0.5, 0.6) is 0 Å². The average Bonchev–Trinajstić information content (AvgIpc) is 3.35. The number of aliphatic hydroxyl groups is 1. The van der Waals surface area contributed by atoms with Crippen LogP contribution in [-0.2, 0) is 0 Å². The third-order valence-corrected chi connectivity index (χ3v) is 7.80. The Morgan fingerprint density at radius 1 is 1.06 bits per heavy atom. The zero-order valence-electron chi connectivity index (χ0n) is 20.9. The highest BCUT2D eigenvalue weighted by Crippen LogP contribution is 2.27. The monoisotopic (exact) mass is 472 g/mol. The molecule has 8 nitrogen and oxygen atoms in total. The Morgan fingerprint density at radius 3 is 2.50 bits per heavy atom. The summed E-state index contributed by atoms with van der Waals surface area (Å²) in [4.78, 5) is 24.9. The maximum atomic E-state index is 13.3. The van der Waals surface area contributed by atoms with Crippen LogP contribution in [0, 0.1) is 5.92 Å². The maximum absolute atomic E-state index is 13.3. The van der Waals surface area contributed by atoms with Gasteiger partial charge in [-0.05, 0) is 63.7 Å². The van der Waals surface area contributed by atoms with Gasteiger partial charge >= 0.3 is 0 Å². The van der Waals surface area contributed by atoms with Gasteiger partial charge in [0.2, 0.25) is 5.95 Å².